The summed E-state index contributed by atoms with van der Waals surface area (Å²) in [5.41, 5.74) is 1.89. The summed E-state index contributed by atoms with van der Waals surface area (Å²) in [5.74, 6) is 0.476. The van der Waals surface area contributed by atoms with Crippen molar-refractivity contribution in [3.8, 4) is 0 Å². The van der Waals surface area contributed by atoms with E-state index in [0.717, 1.165) is 22.6 Å². The molecule has 1 aromatic carbocycles. The first kappa shape index (κ1) is 9.47. The van der Waals surface area contributed by atoms with Crippen LogP contribution in [0.1, 0.15) is 24.3 Å². The van der Waals surface area contributed by atoms with Gasteiger partial charge in [-0.25, -0.2) is 0 Å². The third kappa shape index (κ3) is 1.73. The van der Waals surface area contributed by atoms with Crippen LogP contribution in [0, 0.1) is 0 Å². The molecule has 1 aliphatic rings. The molecule has 1 fully saturated rings. The molecular formula is C12H11ClO. The Labute approximate surface area is 88.4 Å². The van der Waals surface area contributed by atoms with Crippen molar-refractivity contribution in [1.82, 2.24) is 0 Å². The molecule has 2 heteroatoms. The van der Waals surface area contributed by atoms with Crippen LogP contribution < -0.4 is 0 Å². The number of hydrogen-bond acceptors (Lipinski definition) is 1. The highest BCUT2D eigenvalue weighted by Crippen LogP contribution is 2.35. The fourth-order valence-electron chi connectivity index (χ4n) is 1.85. The third-order valence-corrected chi connectivity index (χ3v) is 2.87. The number of benzene rings is 1. The van der Waals surface area contributed by atoms with Gasteiger partial charge in [0.05, 0.1) is 0 Å². The Kier molecular flexibility index (Phi) is 2.42. The predicted molar refractivity (Wildman–Crippen MR) is 57.6 cm³/mol. The van der Waals surface area contributed by atoms with Gasteiger partial charge in [0.15, 0.2) is 5.78 Å². The first-order valence-corrected chi connectivity index (χ1v) is 5.01. The van der Waals surface area contributed by atoms with Crippen molar-refractivity contribution < 1.29 is 4.79 Å². The van der Waals surface area contributed by atoms with Crippen LogP contribution >= 0.6 is 11.6 Å². The molecule has 0 radical (unpaired) electrons. The normalized spacial score (nSPS) is 21.6. The zero-order chi connectivity index (χ0) is 10.1. The Morgan fingerprint density at radius 3 is 2.71 bits per heavy atom. The minimum Gasteiger partial charge on any atom is -0.295 e. The maximum absolute atomic E-state index is 11.3. The summed E-state index contributed by atoms with van der Waals surface area (Å²) in [6.45, 7) is 3.75. The van der Waals surface area contributed by atoms with E-state index < -0.39 is 0 Å². The molecule has 0 aromatic heterocycles. The summed E-state index contributed by atoms with van der Waals surface area (Å²) in [4.78, 5) is 11.3. The molecule has 1 atom stereocenters. The summed E-state index contributed by atoms with van der Waals surface area (Å²) in [6, 6.07) is 7.71. The highest BCUT2D eigenvalue weighted by Gasteiger charge is 2.26. The Morgan fingerprint density at radius 1 is 1.36 bits per heavy atom. The van der Waals surface area contributed by atoms with Gasteiger partial charge in [0, 0.05) is 11.4 Å². The Morgan fingerprint density at radius 2 is 2.14 bits per heavy atom. The maximum Gasteiger partial charge on any atom is 0.158 e. The van der Waals surface area contributed by atoms with Crippen molar-refractivity contribution in [2.45, 2.75) is 18.8 Å². The number of hydrogen-bond donors (Lipinski definition) is 0. The SMILES string of the molecule is C=C1CC(c2cccc(Cl)c2)CC1=O. The average Bonchev–Trinajstić information content (AvgIpc) is 2.47. The van der Waals surface area contributed by atoms with E-state index in [2.05, 4.69) is 6.58 Å². The quantitative estimate of drug-likeness (QED) is 0.644. The lowest BCUT2D eigenvalue weighted by Gasteiger charge is -2.07. The highest BCUT2D eigenvalue weighted by atomic mass is 35.5. The molecular weight excluding hydrogens is 196 g/mol. The van der Waals surface area contributed by atoms with Crippen LogP contribution in [0.2, 0.25) is 5.02 Å². The van der Waals surface area contributed by atoms with Gasteiger partial charge in [0.2, 0.25) is 0 Å². The number of ketones is 1. The second kappa shape index (κ2) is 3.58. The van der Waals surface area contributed by atoms with Gasteiger partial charge in [-0.15, -0.1) is 0 Å². The first-order chi connectivity index (χ1) is 6.66. The van der Waals surface area contributed by atoms with Gasteiger partial charge in [-0.1, -0.05) is 30.3 Å². The lowest BCUT2D eigenvalue weighted by Crippen LogP contribution is -1.93. The molecule has 1 nitrogen and oxygen atoms in total. The molecule has 0 N–H and O–H groups in total. The van der Waals surface area contributed by atoms with Crippen molar-refractivity contribution in [3.05, 3.63) is 47.0 Å². The van der Waals surface area contributed by atoms with Gasteiger partial charge < -0.3 is 0 Å². The zero-order valence-electron chi connectivity index (χ0n) is 7.79. The van der Waals surface area contributed by atoms with Crippen molar-refractivity contribution in [3.63, 3.8) is 0 Å². The van der Waals surface area contributed by atoms with E-state index >= 15 is 0 Å². The van der Waals surface area contributed by atoms with E-state index in [9.17, 15) is 4.79 Å². The van der Waals surface area contributed by atoms with Crippen LogP contribution in [0.15, 0.2) is 36.4 Å². The summed E-state index contributed by atoms with van der Waals surface area (Å²) in [5, 5.41) is 0.729. The molecule has 0 aliphatic heterocycles. The van der Waals surface area contributed by atoms with Crippen LogP contribution in [0.4, 0.5) is 0 Å². The largest absolute Gasteiger partial charge is 0.295 e. The molecule has 1 unspecified atom stereocenters. The van der Waals surface area contributed by atoms with Crippen molar-refractivity contribution in [2.75, 3.05) is 0 Å². The monoisotopic (exact) mass is 206 g/mol. The molecule has 0 amide bonds. The average molecular weight is 207 g/mol. The number of allylic oxidation sites excluding steroid dienone is 1. The Balaban J connectivity index is 2.25. The van der Waals surface area contributed by atoms with E-state index in [0.29, 0.717) is 6.42 Å². The Hall–Kier alpha value is -1.08. The molecule has 1 aromatic rings. The Bertz CT molecular complexity index is 379. The standard InChI is InChI=1S/C12H11ClO/c1-8-5-10(7-12(8)14)9-3-2-4-11(13)6-9/h2-4,6,10H,1,5,7H2. The van der Waals surface area contributed by atoms with Gasteiger partial charge in [-0.2, -0.15) is 0 Å². The van der Waals surface area contributed by atoms with Gasteiger partial charge in [-0.05, 0) is 35.6 Å². The van der Waals surface area contributed by atoms with Gasteiger partial charge in [0.25, 0.3) is 0 Å². The van der Waals surface area contributed by atoms with E-state index in [4.69, 9.17) is 11.6 Å². The minimum absolute atomic E-state index is 0.190. The fraction of sp³-hybridized carbons (Fsp3) is 0.250. The fourth-order valence-corrected chi connectivity index (χ4v) is 2.05. The van der Waals surface area contributed by atoms with Crippen molar-refractivity contribution in [2.24, 2.45) is 0 Å². The lowest BCUT2D eigenvalue weighted by molar-refractivity contribution is -0.114. The van der Waals surface area contributed by atoms with Crippen molar-refractivity contribution in [1.29, 1.82) is 0 Å². The molecule has 0 bridgehead atoms. The molecule has 0 saturated heterocycles. The molecule has 1 aliphatic carbocycles. The van der Waals surface area contributed by atoms with Gasteiger partial charge >= 0.3 is 0 Å². The van der Waals surface area contributed by atoms with E-state index in [1.165, 1.54) is 0 Å². The van der Waals surface area contributed by atoms with Gasteiger partial charge in [-0.3, -0.25) is 4.79 Å². The summed E-state index contributed by atoms with van der Waals surface area (Å²) in [7, 11) is 0. The van der Waals surface area contributed by atoms with E-state index in [1.54, 1.807) is 0 Å². The van der Waals surface area contributed by atoms with Crippen LogP contribution in [0.3, 0.4) is 0 Å². The predicted octanol–water partition coefficient (Wildman–Crippen LogP) is 3.34. The van der Waals surface area contributed by atoms with Crippen molar-refractivity contribution >= 4 is 17.4 Å². The summed E-state index contributed by atoms with van der Waals surface area (Å²) >= 11 is 5.89. The molecule has 72 valence electrons. The third-order valence-electron chi connectivity index (χ3n) is 2.64. The van der Waals surface area contributed by atoms with Crippen LogP contribution in [-0.4, -0.2) is 5.78 Å². The van der Waals surface area contributed by atoms with E-state index in [1.807, 2.05) is 24.3 Å². The maximum atomic E-state index is 11.3. The molecule has 14 heavy (non-hydrogen) atoms. The smallest absolute Gasteiger partial charge is 0.158 e. The number of rotatable bonds is 1. The van der Waals surface area contributed by atoms with Crippen LogP contribution in [-0.2, 0) is 4.79 Å². The second-order valence-corrected chi connectivity index (χ2v) is 4.12. The number of carbonyl (C=O) groups is 1. The topological polar surface area (TPSA) is 17.1 Å². The summed E-state index contributed by atoms with van der Waals surface area (Å²) in [6.07, 6.45) is 1.36. The second-order valence-electron chi connectivity index (χ2n) is 3.69. The molecule has 1 saturated carbocycles. The lowest BCUT2D eigenvalue weighted by atomic mass is 9.98. The van der Waals surface area contributed by atoms with E-state index in [-0.39, 0.29) is 11.7 Å². The zero-order valence-corrected chi connectivity index (χ0v) is 8.55. The van der Waals surface area contributed by atoms with Crippen LogP contribution in [0.5, 0.6) is 0 Å². The highest BCUT2D eigenvalue weighted by molar-refractivity contribution is 6.30. The number of Topliss-reactive ketones (excluding diaryl/α,β-unsaturated/α-hetero) is 1. The first-order valence-electron chi connectivity index (χ1n) is 4.63. The molecule has 0 heterocycles. The molecule has 0 spiro atoms. The molecule has 2 rings (SSSR count). The summed E-state index contributed by atoms with van der Waals surface area (Å²) < 4.78 is 0. The number of carbonyl (C=O) groups excluding carboxylic acids is 1. The minimum atomic E-state index is 0.190. The number of halogens is 1. The van der Waals surface area contributed by atoms with Gasteiger partial charge in [0.1, 0.15) is 0 Å². The van der Waals surface area contributed by atoms with Crippen LogP contribution in [0.25, 0.3) is 0 Å².